The Hall–Kier alpha value is -3.15. The van der Waals surface area contributed by atoms with Gasteiger partial charge in [0.05, 0.1) is 11.4 Å². The summed E-state index contributed by atoms with van der Waals surface area (Å²) in [6, 6.07) is 30.9. The number of aromatic nitrogens is 3. The molecule has 0 aliphatic carbocycles. The minimum Gasteiger partial charge on any atom is -0.265 e. The fourth-order valence-corrected chi connectivity index (χ4v) is 4.83. The molecule has 0 aliphatic heterocycles. The van der Waals surface area contributed by atoms with Crippen molar-refractivity contribution in [2.75, 3.05) is 0 Å². The molecule has 3 aromatic carbocycles. The second-order valence-corrected chi connectivity index (χ2v) is 9.13. The van der Waals surface area contributed by atoms with Crippen LogP contribution >= 0.6 is 31.9 Å². The number of benzene rings is 3. The molecule has 3 nitrogen and oxygen atoms in total. The van der Waals surface area contributed by atoms with Crippen LogP contribution in [0.15, 0.2) is 112 Å². The van der Waals surface area contributed by atoms with Gasteiger partial charge in [0.15, 0.2) is 5.82 Å². The fraction of sp³-hybridized carbons (Fsp3) is 0. The van der Waals surface area contributed by atoms with Crippen LogP contribution in [-0.2, 0) is 0 Å². The molecule has 0 saturated carbocycles. The molecule has 2 heterocycles. The molecule has 5 aromatic rings. The Morgan fingerprint density at radius 1 is 0.469 bits per heavy atom. The summed E-state index contributed by atoms with van der Waals surface area (Å²) in [6.07, 6.45) is 3.52. The lowest BCUT2D eigenvalue weighted by Crippen LogP contribution is -1.96. The summed E-state index contributed by atoms with van der Waals surface area (Å²) in [7, 11) is 0. The lowest BCUT2D eigenvalue weighted by molar-refractivity contribution is 1.17. The van der Waals surface area contributed by atoms with Gasteiger partial charge in [-0.3, -0.25) is 4.98 Å². The van der Waals surface area contributed by atoms with Gasteiger partial charge in [0.25, 0.3) is 0 Å². The fourth-order valence-electron chi connectivity index (χ4n) is 3.54. The third-order valence-electron chi connectivity index (χ3n) is 5.11. The van der Waals surface area contributed by atoms with E-state index in [0.29, 0.717) is 5.82 Å². The first-order chi connectivity index (χ1) is 15.7. The number of nitrogens with zero attached hydrogens (tertiary/aromatic N) is 3. The van der Waals surface area contributed by atoms with Crippen LogP contribution in [0.3, 0.4) is 0 Å². The van der Waals surface area contributed by atoms with Gasteiger partial charge in [0.2, 0.25) is 0 Å². The van der Waals surface area contributed by atoms with E-state index in [1.165, 1.54) is 11.1 Å². The quantitative estimate of drug-likeness (QED) is 0.230. The normalized spacial score (nSPS) is 10.8. The Bertz CT molecular complexity index is 1350. The standard InChI is InChI=1S/C27H17Br2N3/c28-23-14-22(15-24(29)16-23)26-17-25(31-27(32-26)21-10-12-30-13-11-21)20-8-6-19(7-9-20)18-4-2-1-3-5-18/h1-17H. The third kappa shape index (κ3) is 4.54. The SMILES string of the molecule is Brc1cc(Br)cc(-c2cc(-c3ccc(-c4ccccc4)cc3)nc(-c3ccncc3)n2)c1. The predicted octanol–water partition coefficient (Wildman–Crippen LogP) is 8.06. The highest BCUT2D eigenvalue weighted by Gasteiger charge is 2.12. The number of hydrogen-bond acceptors (Lipinski definition) is 3. The molecule has 0 spiro atoms. The first-order valence-electron chi connectivity index (χ1n) is 10.1. The Balaban J connectivity index is 1.63. The number of halogens is 2. The zero-order chi connectivity index (χ0) is 21.9. The van der Waals surface area contributed by atoms with Crippen LogP contribution in [0.2, 0.25) is 0 Å². The van der Waals surface area contributed by atoms with Crippen molar-refractivity contribution >= 4 is 31.9 Å². The van der Waals surface area contributed by atoms with Gasteiger partial charge >= 0.3 is 0 Å². The summed E-state index contributed by atoms with van der Waals surface area (Å²) in [4.78, 5) is 13.9. The number of pyridine rings is 1. The minimum absolute atomic E-state index is 0.670. The summed E-state index contributed by atoms with van der Waals surface area (Å²) in [5.41, 5.74) is 7.07. The Labute approximate surface area is 203 Å². The predicted molar refractivity (Wildman–Crippen MR) is 137 cm³/mol. The van der Waals surface area contributed by atoms with Gasteiger partial charge in [-0.1, -0.05) is 86.5 Å². The van der Waals surface area contributed by atoms with E-state index in [-0.39, 0.29) is 0 Å². The molecule has 0 bridgehead atoms. The van der Waals surface area contributed by atoms with E-state index in [0.717, 1.165) is 37.0 Å². The molecule has 2 aromatic heterocycles. The van der Waals surface area contributed by atoms with Crippen LogP contribution in [0, 0.1) is 0 Å². The van der Waals surface area contributed by atoms with E-state index in [2.05, 4.69) is 97.5 Å². The van der Waals surface area contributed by atoms with E-state index in [1.807, 2.05) is 30.3 Å². The molecule has 5 rings (SSSR count). The highest BCUT2D eigenvalue weighted by Crippen LogP contribution is 2.31. The highest BCUT2D eigenvalue weighted by molar-refractivity contribution is 9.11. The monoisotopic (exact) mass is 541 g/mol. The third-order valence-corrected chi connectivity index (χ3v) is 6.03. The van der Waals surface area contributed by atoms with Crippen LogP contribution in [0.4, 0.5) is 0 Å². The second kappa shape index (κ2) is 9.15. The maximum Gasteiger partial charge on any atom is 0.160 e. The first kappa shape index (κ1) is 20.7. The van der Waals surface area contributed by atoms with E-state index in [4.69, 9.17) is 9.97 Å². The molecule has 0 amide bonds. The van der Waals surface area contributed by atoms with Crippen molar-refractivity contribution < 1.29 is 0 Å². The van der Waals surface area contributed by atoms with Gasteiger partial charge < -0.3 is 0 Å². The van der Waals surface area contributed by atoms with Crippen LogP contribution in [-0.4, -0.2) is 15.0 Å². The molecular formula is C27H17Br2N3. The van der Waals surface area contributed by atoms with Crippen LogP contribution < -0.4 is 0 Å². The van der Waals surface area contributed by atoms with Crippen molar-refractivity contribution in [1.82, 2.24) is 15.0 Å². The zero-order valence-corrected chi connectivity index (χ0v) is 20.1. The maximum absolute atomic E-state index is 4.88. The lowest BCUT2D eigenvalue weighted by atomic mass is 10.0. The van der Waals surface area contributed by atoms with Gasteiger partial charge in [-0.15, -0.1) is 0 Å². The smallest absolute Gasteiger partial charge is 0.160 e. The molecule has 0 unspecified atom stereocenters. The Morgan fingerprint density at radius 3 is 1.69 bits per heavy atom. The summed E-state index contributed by atoms with van der Waals surface area (Å²) in [5.74, 6) is 0.670. The molecule has 0 aliphatic rings. The summed E-state index contributed by atoms with van der Waals surface area (Å²) < 4.78 is 1.97. The van der Waals surface area contributed by atoms with Crippen LogP contribution in [0.25, 0.3) is 45.0 Å². The molecular weight excluding hydrogens is 526 g/mol. The molecule has 0 atom stereocenters. The molecule has 32 heavy (non-hydrogen) atoms. The van der Waals surface area contributed by atoms with Gasteiger partial charge in [-0.25, -0.2) is 9.97 Å². The van der Waals surface area contributed by atoms with Crippen molar-refractivity contribution in [2.45, 2.75) is 0 Å². The van der Waals surface area contributed by atoms with Crippen molar-refractivity contribution in [3.63, 3.8) is 0 Å². The van der Waals surface area contributed by atoms with Gasteiger partial charge in [0.1, 0.15) is 0 Å². The molecule has 154 valence electrons. The lowest BCUT2D eigenvalue weighted by Gasteiger charge is -2.10. The van der Waals surface area contributed by atoms with E-state index >= 15 is 0 Å². The molecule has 5 heteroatoms. The summed E-state index contributed by atoms with van der Waals surface area (Å²) in [5, 5.41) is 0. The molecule has 0 saturated heterocycles. The second-order valence-electron chi connectivity index (χ2n) is 7.30. The highest BCUT2D eigenvalue weighted by atomic mass is 79.9. The zero-order valence-electron chi connectivity index (χ0n) is 16.9. The maximum atomic E-state index is 4.88. The van der Waals surface area contributed by atoms with Crippen molar-refractivity contribution in [2.24, 2.45) is 0 Å². The molecule has 0 N–H and O–H groups in total. The van der Waals surface area contributed by atoms with Crippen molar-refractivity contribution in [1.29, 1.82) is 0 Å². The Morgan fingerprint density at radius 2 is 1.03 bits per heavy atom. The molecule has 0 fully saturated rings. The largest absolute Gasteiger partial charge is 0.265 e. The Kier molecular flexibility index (Phi) is 5.93. The van der Waals surface area contributed by atoms with E-state index in [1.54, 1.807) is 12.4 Å². The van der Waals surface area contributed by atoms with Gasteiger partial charge in [0, 0.05) is 38.0 Å². The number of rotatable bonds is 4. The van der Waals surface area contributed by atoms with Crippen molar-refractivity contribution in [3.8, 4) is 45.0 Å². The molecule has 0 radical (unpaired) electrons. The summed E-state index contributed by atoms with van der Waals surface area (Å²) in [6.45, 7) is 0. The average Bonchev–Trinajstić information content (AvgIpc) is 2.84. The van der Waals surface area contributed by atoms with E-state index in [9.17, 15) is 0 Å². The average molecular weight is 543 g/mol. The van der Waals surface area contributed by atoms with Crippen LogP contribution in [0.5, 0.6) is 0 Å². The number of hydrogen-bond donors (Lipinski definition) is 0. The van der Waals surface area contributed by atoms with E-state index < -0.39 is 0 Å². The summed E-state index contributed by atoms with van der Waals surface area (Å²) >= 11 is 7.17. The minimum atomic E-state index is 0.670. The van der Waals surface area contributed by atoms with Gasteiger partial charge in [-0.05, 0) is 47.5 Å². The van der Waals surface area contributed by atoms with Crippen LogP contribution in [0.1, 0.15) is 0 Å². The van der Waals surface area contributed by atoms with Crippen molar-refractivity contribution in [3.05, 3.63) is 112 Å². The first-order valence-corrected chi connectivity index (χ1v) is 11.7. The van der Waals surface area contributed by atoms with Gasteiger partial charge in [-0.2, -0.15) is 0 Å². The topological polar surface area (TPSA) is 38.7 Å².